The van der Waals surface area contributed by atoms with Crippen molar-refractivity contribution < 1.29 is 27.8 Å². The second-order valence-electron chi connectivity index (χ2n) is 5.79. The number of halogens is 3. The summed E-state index contributed by atoms with van der Waals surface area (Å²) < 4.78 is 42.4. The lowest BCUT2D eigenvalue weighted by Gasteiger charge is -2.15. The van der Waals surface area contributed by atoms with Crippen LogP contribution in [0.5, 0.6) is 5.75 Å². The van der Waals surface area contributed by atoms with Gasteiger partial charge in [0.1, 0.15) is 11.3 Å². The Morgan fingerprint density at radius 1 is 1.14 bits per heavy atom. The monoisotopic (exact) mass is 391 g/mol. The molecule has 0 radical (unpaired) electrons. The van der Waals surface area contributed by atoms with E-state index in [1.54, 1.807) is 12.1 Å². The van der Waals surface area contributed by atoms with Gasteiger partial charge in [-0.1, -0.05) is 12.1 Å². The second-order valence-corrected chi connectivity index (χ2v) is 5.79. The highest BCUT2D eigenvalue weighted by atomic mass is 19.3. The number of nitrogens with zero attached hydrogens (tertiary/aromatic N) is 1. The summed E-state index contributed by atoms with van der Waals surface area (Å²) in [6.45, 7) is -3.11. The molecule has 0 aliphatic carbocycles. The van der Waals surface area contributed by atoms with Gasteiger partial charge in [0.05, 0.1) is 11.8 Å². The second kappa shape index (κ2) is 8.57. The van der Waals surface area contributed by atoms with Gasteiger partial charge in [0.25, 0.3) is 0 Å². The number of rotatable bonds is 6. The number of amides is 2. The summed E-state index contributed by atoms with van der Waals surface area (Å²) in [5.41, 5.74) is 0.954. The number of urea groups is 1. The van der Waals surface area contributed by atoms with Crippen molar-refractivity contribution in [2.75, 3.05) is 11.9 Å². The molecule has 3 aromatic rings. The van der Waals surface area contributed by atoms with Gasteiger partial charge in [-0.15, -0.1) is 0 Å². The third kappa shape index (κ3) is 4.68. The van der Waals surface area contributed by atoms with Crippen molar-refractivity contribution in [1.82, 2.24) is 10.3 Å². The van der Waals surface area contributed by atoms with E-state index in [4.69, 9.17) is 0 Å². The van der Waals surface area contributed by atoms with Crippen LogP contribution in [0.4, 0.5) is 23.7 Å². The van der Waals surface area contributed by atoms with Crippen LogP contribution in [0.25, 0.3) is 10.9 Å². The van der Waals surface area contributed by atoms with Crippen LogP contribution in [-0.2, 0) is 0 Å². The summed E-state index contributed by atoms with van der Waals surface area (Å²) >= 11 is 0. The lowest BCUT2D eigenvalue weighted by atomic mass is 10.1. The summed E-state index contributed by atoms with van der Waals surface area (Å²) in [7, 11) is 0. The molecule has 3 N–H and O–H groups in total. The molecule has 0 aliphatic heterocycles. The smallest absolute Gasteiger partial charge is 0.387 e. The minimum absolute atomic E-state index is 0.108. The molecule has 0 bridgehead atoms. The molecule has 0 saturated heterocycles. The molecule has 0 aliphatic rings. The molecule has 2 aromatic carbocycles. The number of alkyl halides is 2. The first-order valence-electron chi connectivity index (χ1n) is 8.25. The first-order valence-corrected chi connectivity index (χ1v) is 8.25. The van der Waals surface area contributed by atoms with Gasteiger partial charge < -0.3 is 20.5 Å². The highest BCUT2D eigenvalue weighted by Crippen LogP contribution is 2.30. The number of carbonyl (C=O) groups is 1. The van der Waals surface area contributed by atoms with Gasteiger partial charge in [-0.25, -0.2) is 9.18 Å². The molecule has 0 spiro atoms. The van der Waals surface area contributed by atoms with Crippen LogP contribution in [-0.4, -0.2) is 29.3 Å². The Hall–Kier alpha value is -3.33. The number of hydrogen-bond donors (Lipinski definition) is 3. The first-order chi connectivity index (χ1) is 13.4. The fourth-order valence-electron chi connectivity index (χ4n) is 2.61. The molecule has 1 unspecified atom stereocenters. The number of anilines is 1. The summed E-state index contributed by atoms with van der Waals surface area (Å²) in [4.78, 5) is 16.2. The average Bonchev–Trinajstić information content (AvgIpc) is 2.68. The van der Waals surface area contributed by atoms with Crippen molar-refractivity contribution in [3.63, 3.8) is 0 Å². The lowest BCUT2D eigenvalue weighted by Crippen LogP contribution is -2.32. The molecule has 1 atom stereocenters. The van der Waals surface area contributed by atoms with Crippen LogP contribution in [0.2, 0.25) is 0 Å². The highest BCUT2D eigenvalue weighted by molar-refractivity contribution is 6.02. The Balaban J connectivity index is 1.68. The average molecular weight is 391 g/mol. The quantitative estimate of drug-likeness (QED) is 0.596. The lowest BCUT2D eigenvalue weighted by molar-refractivity contribution is -0.0489. The minimum atomic E-state index is -3.00. The number of ether oxygens (including phenoxy) is 1. The van der Waals surface area contributed by atoms with E-state index < -0.39 is 24.6 Å². The molecule has 0 saturated carbocycles. The topological polar surface area (TPSA) is 83.5 Å². The zero-order chi connectivity index (χ0) is 20.1. The molecular weight excluding hydrogens is 375 g/mol. The summed E-state index contributed by atoms with van der Waals surface area (Å²) in [5.74, 6) is -0.537. The van der Waals surface area contributed by atoms with E-state index >= 15 is 0 Å². The molecule has 146 valence electrons. The van der Waals surface area contributed by atoms with Crippen LogP contribution < -0.4 is 15.4 Å². The van der Waals surface area contributed by atoms with E-state index in [1.165, 1.54) is 42.6 Å². The van der Waals surface area contributed by atoms with Crippen molar-refractivity contribution in [3.8, 4) is 5.75 Å². The molecule has 28 heavy (non-hydrogen) atoms. The Morgan fingerprint density at radius 2 is 1.89 bits per heavy atom. The normalized spacial score (nSPS) is 12.0. The van der Waals surface area contributed by atoms with E-state index in [0.717, 1.165) is 0 Å². The van der Waals surface area contributed by atoms with Crippen molar-refractivity contribution in [1.29, 1.82) is 0 Å². The molecule has 6 nitrogen and oxygen atoms in total. The van der Waals surface area contributed by atoms with E-state index in [1.807, 2.05) is 0 Å². The van der Waals surface area contributed by atoms with Crippen LogP contribution in [0.3, 0.4) is 0 Å². The third-order valence-corrected chi connectivity index (χ3v) is 3.91. The fourth-order valence-corrected chi connectivity index (χ4v) is 2.61. The number of benzene rings is 2. The SMILES string of the molecule is O=C(NCC(O)c1ccc(F)cc1)Nc1ccc(OC(F)F)c2ncccc12. The number of aliphatic hydroxyl groups excluding tert-OH is 1. The third-order valence-electron chi connectivity index (χ3n) is 3.91. The zero-order valence-electron chi connectivity index (χ0n) is 14.4. The van der Waals surface area contributed by atoms with Crippen molar-refractivity contribution in [2.24, 2.45) is 0 Å². The molecule has 9 heteroatoms. The Labute approximate surface area is 158 Å². The van der Waals surface area contributed by atoms with Crippen LogP contribution in [0.15, 0.2) is 54.7 Å². The molecule has 3 rings (SSSR count). The molecule has 2 amide bonds. The standard InChI is InChI=1S/C19H16F3N3O3/c20-12-5-3-11(4-6-12)15(26)10-24-19(27)25-14-7-8-16(28-18(21)22)17-13(14)2-1-9-23-17/h1-9,15,18,26H,10H2,(H2,24,25,27). The van der Waals surface area contributed by atoms with Gasteiger partial charge in [0.15, 0.2) is 5.75 Å². The Kier molecular flexibility index (Phi) is 5.95. The minimum Gasteiger partial charge on any atom is -0.432 e. The Bertz CT molecular complexity index is 968. The largest absolute Gasteiger partial charge is 0.432 e. The van der Waals surface area contributed by atoms with Crippen molar-refractivity contribution in [2.45, 2.75) is 12.7 Å². The van der Waals surface area contributed by atoms with Gasteiger partial charge in [0, 0.05) is 18.1 Å². The van der Waals surface area contributed by atoms with Crippen molar-refractivity contribution in [3.05, 3.63) is 66.1 Å². The maximum absolute atomic E-state index is 12.9. The van der Waals surface area contributed by atoms with E-state index in [-0.39, 0.29) is 17.8 Å². The molecule has 1 aromatic heterocycles. The summed E-state index contributed by atoms with van der Waals surface area (Å²) in [6, 6.07) is 10.5. The number of carbonyl (C=O) groups excluding carboxylic acids is 1. The number of aromatic nitrogens is 1. The number of aliphatic hydroxyl groups is 1. The first kappa shape index (κ1) is 19.4. The summed E-state index contributed by atoms with van der Waals surface area (Å²) in [6.07, 6.45) is 0.399. The molecular formula is C19H16F3N3O3. The Morgan fingerprint density at radius 3 is 2.61 bits per heavy atom. The van der Waals surface area contributed by atoms with Crippen LogP contribution in [0.1, 0.15) is 11.7 Å². The van der Waals surface area contributed by atoms with Gasteiger partial charge in [-0.05, 0) is 42.0 Å². The fraction of sp³-hybridized carbons (Fsp3) is 0.158. The number of hydrogen-bond acceptors (Lipinski definition) is 4. The number of pyridine rings is 1. The van der Waals surface area contributed by atoms with Crippen LogP contribution >= 0.6 is 0 Å². The zero-order valence-corrected chi connectivity index (χ0v) is 14.4. The number of fused-ring (bicyclic) bond motifs is 1. The van der Waals surface area contributed by atoms with E-state index in [2.05, 4.69) is 20.4 Å². The maximum Gasteiger partial charge on any atom is 0.387 e. The van der Waals surface area contributed by atoms with Gasteiger partial charge >= 0.3 is 12.6 Å². The van der Waals surface area contributed by atoms with Gasteiger partial charge in [0.2, 0.25) is 0 Å². The van der Waals surface area contributed by atoms with Gasteiger partial charge in [-0.2, -0.15) is 8.78 Å². The maximum atomic E-state index is 12.9. The van der Waals surface area contributed by atoms with Crippen molar-refractivity contribution >= 4 is 22.6 Å². The highest BCUT2D eigenvalue weighted by Gasteiger charge is 2.14. The van der Waals surface area contributed by atoms with E-state index in [0.29, 0.717) is 16.6 Å². The molecule has 0 fully saturated rings. The predicted octanol–water partition coefficient (Wildman–Crippen LogP) is 3.83. The predicted molar refractivity (Wildman–Crippen MR) is 96.8 cm³/mol. The van der Waals surface area contributed by atoms with Gasteiger partial charge in [-0.3, -0.25) is 4.98 Å². The van der Waals surface area contributed by atoms with E-state index in [9.17, 15) is 23.1 Å². The van der Waals surface area contributed by atoms with Crippen LogP contribution in [0, 0.1) is 5.82 Å². The summed E-state index contributed by atoms with van der Waals surface area (Å²) in [5, 5.41) is 15.5. The number of nitrogens with one attached hydrogen (secondary N) is 2. The molecule has 1 heterocycles.